The second-order valence-corrected chi connectivity index (χ2v) is 5.24. The lowest BCUT2D eigenvalue weighted by molar-refractivity contribution is 0.247. The molecule has 0 spiro atoms. The van der Waals surface area contributed by atoms with Crippen LogP contribution in [0.1, 0.15) is 42.5 Å². The summed E-state index contributed by atoms with van der Waals surface area (Å²) in [7, 11) is 0. The molecule has 1 aromatic rings. The molecule has 0 aromatic heterocycles. The first-order chi connectivity index (χ1) is 8.15. The third-order valence-electron chi connectivity index (χ3n) is 3.90. The van der Waals surface area contributed by atoms with Crippen LogP contribution in [0.3, 0.4) is 0 Å². The van der Waals surface area contributed by atoms with Gasteiger partial charge >= 0.3 is 0 Å². The van der Waals surface area contributed by atoms with Crippen molar-refractivity contribution in [3.05, 3.63) is 34.9 Å². The highest BCUT2D eigenvalue weighted by Gasteiger charge is 2.33. The Kier molecular flexibility index (Phi) is 3.85. The smallest absolute Gasteiger partial charge is 0.0504 e. The summed E-state index contributed by atoms with van der Waals surface area (Å²) >= 11 is 0. The lowest BCUT2D eigenvalue weighted by Crippen LogP contribution is -2.33. The van der Waals surface area contributed by atoms with Crippen molar-refractivity contribution in [2.24, 2.45) is 5.73 Å². The minimum Gasteiger partial charge on any atom is -0.326 e. The molecule has 2 unspecified atom stereocenters. The Morgan fingerprint density at radius 2 is 1.94 bits per heavy atom. The fourth-order valence-electron chi connectivity index (χ4n) is 3.11. The van der Waals surface area contributed by atoms with E-state index in [0.717, 1.165) is 19.5 Å². The lowest BCUT2D eigenvalue weighted by atomic mass is 9.92. The normalized spacial score (nSPS) is 25.4. The van der Waals surface area contributed by atoms with Crippen molar-refractivity contribution in [3.63, 3.8) is 0 Å². The Hall–Kier alpha value is -0.860. The summed E-state index contributed by atoms with van der Waals surface area (Å²) in [6.07, 6.45) is 2.33. The third-order valence-corrected chi connectivity index (χ3v) is 3.90. The lowest BCUT2D eigenvalue weighted by Gasteiger charge is -2.29. The second kappa shape index (κ2) is 5.19. The van der Waals surface area contributed by atoms with E-state index in [1.165, 1.54) is 23.1 Å². The van der Waals surface area contributed by atoms with E-state index < -0.39 is 0 Å². The minimum absolute atomic E-state index is 0.293. The summed E-state index contributed by atoms with van der Waals surface area (Å²) in [6.45, 7) is 8.96. The summed E-state index contributed by atoms with van der Waals surface area (Å²) in [4.78, 5) is 2.56. The molecule has 1 heterocycles. The van der Waals surface area contributed by atoms with Crippen LogP contribution in [0.15, 0.2) is 18.2 Å². The van der Waals surface area contributed by atoms with Crippen LogP contribution < -0.4 is 5.73 Å². The molecule has 0 aliphatic carbocycles. The molecular formula is C15H24N2. The van der Waals surface area contributed by atoms with Crippen molar-refractivity contribution >= 4 is 0 Å². The van der Waals surface area contributed by atoms with Gasteiger partial charge in [-0.25, -0.2) is 0 Å². The number of aryl methyl sites for hydroxylation is 2. The van der Waals surface area contributed by atoms with Gasteiger partial charge in [-0.15, -0.1) is 0 Å². The fourth-order valence-corrected chi connectivity index (χ4v) is 3.11. The molecular weight excluding hydrogens is 208 g/mol. The molecule has 0 bridgehead atoms. The molecule has 0 saturated carbocycles. The van der Waals surface area contributed by atoms with Crippen LogP contribution in [-0.4, -0.2) is 24.0 Å². The summed E-state index contributed by atoms with van der Waals surface area (Å²) in [5, 5.41) is 0. The van der Waals surface area contributed by atoms with E-state index in [4.69, 9.17) is 5.73 Å². The first-order valence-electron chi connectivity index (χ1n) is 6.71. The maximum Gasteiger partial charge on any atom is 0.0504 e. The van der Waals surface area contributed by atoms with E-state index in [1.54, 1.807) is 0 Å². The summed E-state index contributed by atoms with van der Waals surface area (Å²) < 4.78 is 0. The number of benzene rings is 1. The molecule has 2 heteroatoms. The summed E-state index contributed by atoms with van der Waals surface area (Å²) in [6, 6.07) is 7.27. The van der Waals surface area contributed by atoms with E-state index in [0.29, 0.717) is 12.1 Å². The molecule has 0 amide bonds. The summed E-state index contributed by atoms with van der Waals surface area (Å²) in [5.41, 5.74) is 10.6. The Bertz CT molecular complexity index is 364. The number of nitrogens with two attached hydrogens (primary N) is 1. The van der Waals surface area contributed by atoms with Crippen molar-refractivity contribution in [2.45, 2.75) is 45.7 Å². The van der Waals surface area contributed by atoms with Gasteiger partial charge in [0, 0.05) is 12.6 Å². The zero-order valence-corrected chi connectivity index (χ0v) is 11.2. The molecule has 2 nitrogen and oxygen atoms in total. The predicted octanol–water partition coefficient (Wildman–Crippen LogP) is 2.79. The van der Waals surface area contributed by atoms with Crippen LogP contribution in [0, 0.1) is 13.8 Å². The first kappa shape index (κ1) is 12.6. The van der Waals surface area contributed by atoms with Gasteiger partial charge in [-0.1, -0.05) is 25.1 Å². The zero-order chi connectivity index (χ0) is 12.4. The topological polar surface area (TPSA) is 29.3 Å². The quantitative estimate of drug-likeness (QED) is 0.868. The van der Waals surface area contributed by atoms with Gasteiger partial charge in [0.1, 0.15) is 0 Å². The van der Waals surface area contributed by atoms with Gasteiger partial charge in [0.2, 0.25) is 0 Å². The molecule has 0 radical (unpaired) electrons. The van der Waals surface area contributed by atoms with Crippen LogP contribution in [0.2, 0.25) is 0 Å². The van der Waals surface area contributed by atoms with E-state index in [9.17, 15) is 0 Å². The largest absolute Gasteiger partial charge is 0.326 e. The van der Waals surface area contributed by atoms with Gasteiger partial charge in [-0.2, -0.15) is 0 Å². The molecule has 1 fully saturated rings. The number of likely N-dealkylation sites (tertiary alicyclic amines) is 1. The van der Waals surface area contributed by atoms with Crippen molar-refractivity contribution in [2.75, 3.05) is 13.1 Å². The van der Waals surface area contributed by atoms with Crippen LogP contribution in [0.4, 0.5) is 0 Å². The highest BCUT2D eigenvalue weighted by atomic mass is 15.2. The van der Waals surface area contributed by atoms with Gasteiger partial charge in [0.05, 0.1) is 6.04 Å². The Balaban J connectivity index is 2.36. The average Bonchev–Trinajstić information content (AvgIpc) is 2.62. The SMILES string of the molecule is CCCN1CCC(N)C1c1c(C)cccc1C. The average molecular weight is 232 g/mol. The Labute approximate surface area is 105 Å². The molecule has 2 N–H and O–H groups in total. The van der Waals surface area contributed by atoms with Gasteiger partial charge in [0.15, 0.2) is 0 Å². The molecule has 2 atom stereocenters. The zero-order valence-electron chi connectivity index (χ0n) is 11.2. The molecule has 1 aliphatic heterocycles. The van der Waals surface area contributed by atoms with Crippen LogP contribution >= 0.6 is 0 Å². The molecule has 1 aromatic carbocycles. The fraction of sp³-hybridized carbons (Fsp3) is 0.600. The van der Waals surface area contributed by atoms with Crippen molar-refractivity contribution in [1.29, 1.82) is 0 Å². The van der Waals surface area contributed by atoms with Crippen molar-refractivity contribution in [3.8, 4) is 0 Å². The highest BCUT2D eigenvalue weighted by Crippen LogP contribution is 2.34. The van der Waals surface area contributed by atoms with E-state index in [1.807, 2.05) is 0 Å². The third kappa shape index (κ3) is 2.38. The van der Waals surface area contributed by atoms with Crippen molar-refractivity contribution in [1.82, 2.24) is 4.90 Å². The van der Waals surface area contributed by atoms with Crippen molar-refractivity contribution < 1.29 is 0 Å². The van der Waals surface area contributed by atoms with Crippen LogP contribution in [0.25, 0.3) is 0 Å². The number of hydrogen-bond acceptors (Lipinski definition) is 2. The standard InChI is InChI=1S/C15H24N2/c1-4-9-17-10-8-13(16)15(17)14-11(2)6-5-7-12(14)3/h5-7,13,15H,4,8-10,16H2,1-3H3. The van der Waals surface area contributed by atoms with Gasteiger partial charge in [-0.05, 0) is 49.9 Å². The monoisotopic (exact) mass is 232 g/mol. The second-order valence-electron chi connectivity index (χ2n) is 5.24. The predicted molar refractivity (Wildman–Crippen MR) is 73.1 cm³/mol. The van der Waals surface area contributed by atoms with Gasteiger partial charge in [-0.3, -0.25) is 4.90 Å². The first-order valence-corrected chi connectivity index (χ1v) is 6.71. The van der Waals surface area contributed by atoms with Gasteiger partial charge in [0.25, 0.3) is 0 Å². The van der Waals surface area contributed by atoms with E-state index >= 15 is 0 Å². The number of nitrogens with zero attached hydrogens (tertiary/aromatic N) is 1. The van der Waals surface area contributed by atoms with Crippen LogP contribution in [-0.2, 0) is 0 Å². The van der Waals surface area contributed by atoms with E-state index in [-0.39, 0.29) is 0 Å². The Morgan fingerprint density at radius 1 is 1.29 bits per heavy atom. The van der Waals surface area contributed by atoms with E-state index in [2.05, 4.69) is 43.9 Å². The molecule has 1 aliphatic rings. The molecule has 94 valence electrons. The van der Waals surface area contributed by atoms with Gasteiger partial charge < -0.3 is 5.73 Å². The van der Waals surface area contributed by atoms with Crippen LogP contribution in [0.5, 0.6) is 0 Å². The minimum atomic E-state index is 0.293. The maximum atomic E-state index is 6.33. The molecule has 1 saturated heterocycles. The number of hydrogen-bond donors (Lipinski definition) is 1. The molecule has 2 rings (SSSR count). The number of rotatable bonds is 3. The summed E-state index contributed by atoms with van der Waals surface area (Å²) in [5.74, 6) is 0. The Morgan fingerprint density at radius 3 is 2.53 bits per heavy atom. The molecule has 17 heavy (non-hydrogen) atoms. The maximum absolute atomic E-state index is 6.33. The highest BCUT2D eigenvalue weighted by molar-refractivity contribution is 5.37.